The average Bonchev–Trinajstić information content (AvgIpc) is 3.23. The predicted octanol–water partition coefficient (Wildman–Crippen LogP) is 3.73. The molecule has 0 atom stereocenters. The molecule has 0 saturated carbocycles. The average molecular weight is 362 g/mol. The van der Waals surface area contributed by atoms with E-state index in [-0.39, 0.29) is 23.8 Å². The van der Waals surface area contributed by atoms with Crippen LogP contribution in [0.15, 0.2) is 66.0 Å². The van der Waals surface area contributed by atoms with Crippen LogP contribution in [0.25, 0.3) is 0 Å². The van der Waals surface area contributed by atoms with Crippen molar-refractivity contribution in [1.29, 1.82) is 0 Å². The number of thiophene rings is 1. The second-order valence-corrected chi connectivity index (χ2v) is 6.85. The summed E-state index contributed by atoms with van der Waals surface area (Å²) in [5.41, 5.74) is 1.41. The van der Waals surface area contributed by atoms with E-state index in [1.54, 1.807) is 42.5 Å². The van der Waals surface area contributed by atoms with E-state index in [1.165, 1.54) is 11.3 Å². The molecule has 0 unspecified atom stereocenters. The minimum atomic E-state index is -0.428. The fourth-order valence-electron chi connectivity index (χ4n) is 2.97. The number of hydrogen-bond donors (Lipinski definition) is 1. The first-order valence-electron chi connectivity index (χ1n) is 8.04. The Hall–Kier alpha value is -3.25. The number of nitrogens with zero attached hydrogens (tertiary/aromatic N) is 1. The van der Waals surface area contributed by atoms with E-state index >= 15 is 0 Å². The number of carbonyl (C=O) groups excluding carboxylic acids is 3. The lowest BCUT2D eigenvalue weighted by atomic mass is 10.1. The summed E-state index contributed by atoms with van der Waals surface area (Å²) < 4.78 is 0. The molecule has 2 aromatic carbocycles. The zero-order valence-corrected chi connectivity index (χ0v) is 14.5. The molecule has 1 aliphatic rings. The molecule has 1 aromatic heterocycles. The summed E-state index contributed by atoms with van der Waals surface area (Å²) >= 11 is 1.50. The number of nitrogens with one attached hydrogen (secondary N) is 1. The van der Waals surface area contributed by atoms with Gasteiger partial charge >= 0.3 is 0 Å². The van der Waals surface area contributed by atoms with Crippen LogP contribution < -0.4 is 10.2 Å². The van der Waals surface area contributed by atoms with Gasteiger partial charge in [0.1, 0.15) is 0 Å². The summed E-state index contributed by atoms with van der Waals surface area (Å²) in [5.74, 6) is -1.03. The van der Waals surface area contributed by atoms with Crippen LogP contribution in [0.4, 0.5) is 11.4 Å². The van der Waals surface area contributed by atoms with Crippen molar-refractivity contribution in [2.75, 3.05) is 10.2 Å². The number of benzene rings is 2. The summed E-state index contributed by atoms with van der Waals surface area (Å²) in [7, 11) is 0. The fraction of sp³-hybridized carbons (Fsp3) is 0.0500. The van der Waals surface area contributed by atoms with Crippen molar-refractivity contribution >= 4 is 40.4 Å². The monoisotopic (exact) mass is 362 g/mol. The summed E-state index contributed by atoms with van der Waals surface area (Å²) in [6, 6.07) is 17.4. The molecule has 2 heterocycles. The summed E-state index contributed by atoms with van der Waals surface area (Å²) in [6.07, 6.45) is 0.228. The van der Waals surface area contributed by atoms with Gasteiger partial charge in [0.05, 0.1) is 28.9 Å². The number of rotatable bonds is 4. The highest BCUT2D eigenvalue weighted by molar-refractivity contribution is 7.10. The molecule has 0 aliphatic carbocycles. The van der Waals surface area contributed by atoms with Crippen LogP contribution in [0.2, 0.25) is 0 Å². The highest BCUT2D eigenvalue weighted by atomic mass is 32.1. The number of amides is 3. The lowest BCUT2D eigenvalue weighted by Crippen LogP contribution is -2.29. The van der Waals surface area contributed by atoms with Crippen molar-refractivity contribution in [3.8, 4) is 0 Å². The molecule has 6 heteroatoms. The molecule has 26 heavy (non-hydrogen) atoms. The zero-order chi connectivity index (χ0) is 18.1. The molecule has 3 aromatic rings. The van der Waals surface area contributed by atoms with Crippen LogP contribution in [0.5, 0.6) is 0 Å². The van der Waals surface area contributed by atoms with Gasteiger partial charge in [0.15, 0.2) is 0 Å². The minimum absolute atomic E-state index is 0.223. The minimum Gasteiger partial charge on any atom is -0.325 e. The Balaban J connectivity index is 1.65. The molecule has 5 nitrogen and oxygen atoms in total. The number of imide groups is 1. The molecular weight excluding hydrogens is 348 g/mol. The molecule has 1 N–H and O–H groups in total. The van der Waals surface area contributed by atoms with Crippen molar-refractivity contribution in [3.63, 3.8) is 0 Å². The third kappa shape index (κ3) is 2.80. The van der Waals surface area contributed by atoms with Gasteiger partial charge in [-0.2, -0.15) is 0 Å². The van der Waals surface area contributed by atoms with E-state index < -0.39 is 5.91 Å². The third-order valence-electron chi connectivity index (χ3n) is 4.12. The standard InChI is InChI=1S/C20H14N2O3S/c23-17(12-14-8-5-11-26-14)21-16-10-4-9-15-18(16)20(25)22(19(15)24)13-6-2-1-3-7-13/h1-11H,12H2,(H,21,23). The molecule has 4 rings (SSSR count). The second-order valence-electron chi connectivity index (χ2n) is 5.81. The first-order chi connectivity index (χ1) is 12.6. The second kappa shape index (κ2) is 6.57. The topological polar surface area (TPSA) is 66.5 Å². The number of hydrogen-bond acceptors (Lipinski definition) is 4. The quantitative estimate of drug-likeness (QED) is 0.719. The van der Waals surface area contributed by atoms with Crippen LogP contribution in [0, 0.1) is 0 Å². The van der Waals surface area contributed by atoms with E-state index in [0.717, 1.165) is 9.78 Å². The molecule has 128 valence electrons. The normalized spacial score (nSPS) is 13.0. The number of para-hydroxylation sites is 1. The Morgan fingerprint density at radius 2 is 1.73 bits per heavy atom. The van der Waals surface area contributed by atoms with Crippen LogP contribution in [-0.4, -0.2) is 17.7 Å². The van der Waals surface area contributed by atoms with Gasteiger partial charge in [0.25, 0.3) is 11.8 Å². The smallest absolute Gasteiger partial charge is 0.268 e. The Morgan fingerprint density at radius 3 is 2.46 bits per heavy atom. The van der Waals surface area contributed by atoms with Crippen molar-refractivity contribution in [3.05, 3.63) is 82.0 Å². The van der Waals surface area contributed by atoms with Gasteiger partial charge < -0.3 is 5.32 Å². The molecular formula is C20H14N2O3S. The summed E-state index contributed by atoms with van der Waals surface area (Å²) in [6.45, 7) is 0. The maximum atomic E-state index is 12.9. The van der Waals surface area contributed by atoms with Gasteiger partial charge in [-0.25, -0.2) is 4.90 Å². The van der Waals surface area contributed by atoms with E-state index in [4.69, 9.17) is 0 Å². The number of fused-ring (bicyclic) bond motifs is 1. The maximum absolute atomic E-state index is 12.9. The van der Waals surface area contributed by atoms with Crippen molar-refractivity contribution < 1.29 is 14.4 Å². The van der Waals surface area contributed by atoms with Crippen LogP contribution in [0.1, 0.15) is 25.6 Å². The fourth-order valence-corrected chi connectivity index (χ4v) is 3.67. The van der Waals surface area contributed by atoms with E-state index in [9.17, 15) is 14.4 Å². The van der Waals surface area contributed by atoms with E-state index in [2.05, 4.69) is 5.32 Å². The lowest BCUT2D eigenvalue weighted by Gasteiger charge is -2.13. The Morgan fingerprint density at radius 1 is 0.923 bits per heavy atom. The van der Waals surface area contributed by atoms with Gasteiger partial charge in [-0.05, 0) is 35.7 Å². The van der Waals surface area contributed by atoms with Gasteiger partial charge in [-0.1, -0.05) is 30.3 Å². The number of anilines is 2. The molecule has 0 saturated heterocycles. The summed E-state index contributed by atoms with van der Waals surface area (Å²) in [4.78, 5) is 40.0. The Labute approximate surface area is 153 Å². The van der Waals surface area contributed by atoms with Crippen LogP contribution in [0.3, 0.4) is 0 Å². The predicted molar refractivity (Wildman–Crippen MR) is 101 cm³/mol. The van der Waals surface area contributed by atoms with Crippen molar-refractivity contribution in [1.82, 2.24) is 0 Å². The molecule has 0 fully saturated rings. The Bertz CT molecular complexity index is 997. The SMILES string of the molecule is O=C(Cc1cccs1)Nc1cccc2c1C(=O)N(c1ccccc1)C2=O. The van der Waals surface area contributed by atoms with E-state index in [0.29, 0.717) is 16.9 Å². The van der Waals surface area contributed by atoms with Crippen molar-refractivity contribution in [2.24, 2.45) is 0 Å². The third-order valence-corrected chi connectivity index (χ3v) is 4.99. The van der Waals surface area contributed by atoms with Gasteiger partial charge in [-0.15, -0.1) is 11.3 Å². The first kappa shape index (κ1) is 16.2. The van der Waals surface area contributed by atoms with Crippen LogP contribution >= 0.6 is 11.3 Å². The molecule has 0 bridgehead atoms. The van der Waals surface area contributed by atoms with E-state index in [1.807, 2.05) is 23.6 Å². The van der Waals surface area contributed by atoms with Crippen LogP contribution in [-0.2, 0) is 11.2 Å². The van der Waals surface area contributed by atoms with Gasteiger partial charge in [-0.3, -0.25) is 14.4 Å². The zero-order valence-electron chi connectivity index (χ0n) is 13.6. The maximum Gasteiger partial charge on any atom is 0.268 e. The molecule has 0 radical (unpaired) electrons. The van der Waals surface area contributed by atoms with Crippen molar-refractivity contribution in [2.45, 2.75) is 6.42 Å². The van der Waals surface area contributed by atoms with Gasteiger partial charge in [0, 0.05) is 4.88 Å². The Kier molecular flexibility index (Phi) is 4.10. The molecule has 3 amide bonds. The summed E-state index contributed by atoms with van der Waals surface area (Å²) in [5, 5.41) is 4.68. The van der Waals surface area contributed by atoms with Gasteiger partial charge in [0.2, 0.25) is 5.91 Å². The molecule has 0 spiro atoms. The first-order valence-corrected chi connectivity index (χ1v) is 8.92. The molecule has 1 aliphatic heterocycles. The lowest BCUT2D eigenvalue weighted by molar-refractivity contribution is -0.115. The number of carbonyl (C=O) groups is 3. The highest BCUT2D eigenvalue weighted by Crippen LogP contribution is 2.32. The largest absolute Gasteiger partial charge is 0.325 e. The highest BCUT2D eigenvalue weighted by Gasteiger charge is 2.38.